The summed E-state index contributed by atoms with van der Waals surface area (Å²) in [4.78, 5) is 0. The molecule has 258 valence electrons. The Kier molecular flexibility index (Phi) is 6.19. The first kappa shape index (κ1) is 30.3. The molecular weight excluding hydrogens is 689 g/mol. The maximum atomic E-state index is 2.64. The van der Waals surface area contributed by atoms with Gasteiger partial charge in [0.1, 0.15) is 0 Å². The molecule has 5 aliphatic carbocycles. The van der Waals surface area contributed by atoms with Gasteiger partial charge in [-0.2, -0.15) is 0 Å². The Balaban J connectivity index is 0.939. The van der Waals surface area contributed by atoms with Crippen LogP contribution in [0.3, 0.4) is 0 Å². The van der Waals surface area contributed by atoms with Gasteiger partial charge in [0.25, 0.3) is 0 Å². The predicted octanol–water partition coefficient (Wildman–Crippen LogP) is 15.1. The second-order valence-corrected chi connectivity index (χ2v) is 19.0. The summed E-state index contributed by atoms with van der Waals surface area (Å²) >= 11 is 3.83. The Bertz CT molecular complexity index is 2980. The first-order valence-corrected chi connectivity index (χ1v) is 21.5. The predicted molar refractivity (Wildman–Crippen MR) is 232 cm³/mol. The molecule has 9 aromatic rings. The molecule has 2 heteroatoms. The van der Waals surface area contributed by atoms with Crippen LogP contribution in [0.5, 0.6) is 0 Å². The molecule has 0 atom stereocenters. The van der Waals surface area contributed by atoms with Gasteiger partial charge in [-0.3, -0.25) is 0 Å². The van der Waals surface area contributed by atoms with E-state index in [0.29, 0.717) is 0 Å². The van der Waals surface area contributed by atoms with Crippen LogP contribution >= 0.6 is 22.7 Å². The third-order valence-corrected chi connectivity index (χ3v) is 16.7. The van der Waals surface area contributed by atoms with Crippen LogP contribution < -0.4 is 0 Å². The summed E-state index contributed by atoms with van der Waals surface area (Å²) in [6, 6.07) is 56.2. The lowest BCUT2D eigenvalue weighted by molar-refractivity contribution is -0.0399. The highest BCUT2D eigenvalue weighted by molar-refractivity contribution is 7.26. The summed E-state index contributed by atoms with van der Waals surface area (Å²) in [5, 5.41) is 5.47. The van der Waals surface area contributed by atoms with E-state index in [-0.39, 0.29) is 5.41 Å². The molecule has 2 heterocycles. The molecule has 14 rings (SSSR count). The lowest BCUT2D eigenvalue weighted by atomic mass is 9.43. The minimum atomic E-state index is 0.134. The molecule has 0 unspecified atom stereocenters. The SMILES string of the molecule is c1ccc2c(c1)sc1ccc(-c3ccc(-c4ccc5c(c4)C4(c6ccc(-c7cccc8c7sc7ccccc78)cc6-5)C5CC6CC(C5)CC4C6)cc3)cc12. The quantitative estimate of drug-likeness (QED) is 0.170. The molecule has 0 radical (unpaired) electrons. The second-order valence-electron chi connectivity index (χ2n) is 16.9. The van der Waals surface area contributed by atoms with E-state index in [0.717, 1.165) is 23.7 Å². The number of thiophene rings is 2. The van der Waals surface area contributed by atoms with Crippen LogP contribution in [0.2, 0.25) is 0 Å². The second kappa shape index (κ2) is 11.0. The van der Waals surface area contributed by atoms with Crippen molar-refractivity contribution < 1.29 is 0 Å². The average molecular weight is 727 g/mol. The van der Waals surface area contributed by atoms with E-state index in [1.807, 2.05) is 22.7 Å². The van der Waals surface area contributed by atoms with Gasteiger partial charge in [-0.05, 0) is 148 Å². The Labute approximate surface area is 323 Å². The fraction of sp³-hybridized carbons (Fsp3) is 0.192. The first-order chi connectivity index (χ1) is 26.7. The van der Waals surface area contributed by atoms with Gasteiger partial charge >= 0.3 is 0 Å². The minimum absolute atomic E-state index is 0.134. The molecule has 4 bridgehead atoms. The summed E-state index contributed by atoms with van der Waals surface area (Å²) in [5.74, 6) is 3.34. The zero-order chi connectivity index (χ0) is 35.1. The van der Waals surface area contributed by atoms with Gasteiger partial charge in [0.05, 0.1) is 0 Å². The van der Waals surface area contributed by atoms with Crippen LogP contribution in [-0.4, -0.2) is 0 Å². The average Bonchev–Trinajstić information content (AvgIpc) is 3.87. The number of fused-ring (bicyclic) bond motifs is 9. The number of hydrogen-bond donors (Lipinski definition) is 0. The van der Waals surface area contributed by atoms with Gasteiger partial charge in [-0.25, -0.2) is 0 Å². The van der Waals surface area contributed by atoms with Gasteiger partial charge in [-0.1, -0.05) is 109 Å². The third-order valence-electron chi connectivity index (χ3n) is 14.3. The highest BCUT2D eigenvalue weighted by Crippen LogP contribution is 2.69. The Hall–Kier alpha value is -5.02. The Morgan fingerprint density at radius 3 is 1.72 bits per heavy atom. The van der Waals surface area contributed by atoms with E-state index in [9.17, 15) is 0 Å². The molecule has 7 aromatic carbocycles. The van der Waals surface area contributed by atoms with Gasteiger partial charge in [-0.15, -0.1) is 22.7 Å². The molecule has 0 nitrogen and oxygen atoms in total. The highest BCUT2D eigenvalue weighted by atomic mass is 32.1. The lowest BCUT2D eigenvalue weighted by Gasteiger charge is -2.61. The van der Waals surface area contributed by atoms with Gasteiger partial charge < -0.3 is 0 Å². The van der Waals surface area contributed by atoms with Crippen molar-refractivity contribution in [1.82, 2.24) is 0 Å². The van der Waals surface area contributed by atoms with Crippen LogP contribution in [0, 0.1) is 23.7 Å². The maximum Gasteiger partial charge on any atom is 0.0433 e. The molecule has 54 heavy (non-hydrogen) atoms. The van der Waals surface area contributed by atoms with Crippen molar-refractivity contribution in [2.24, 2.45) is 23.7 Å². The summed E-state index contributed by atoms with van der Waals surface area (Å²) in [7, 11) is 0. The van der Waals surface area contributed by atoms with Crippen molar-refractivity contribution in [3.05, 3.63) is 157 Å². The largest absolute Gasteiger partial charge is 0.135 e. The number of rotatable bonds is 3. The van der Waals surface area contributed by atoms with E-state index in [2.05, 4.69) is 146 Å². The van der Waals surface area contributed by atoms with Crippen molar-refractivity contribution in [2.75, 3.05) is 0 Å². The van der Waals surface area contributed by atoms with Crippen LogP contribution in [0.4, 0.5) is 0 Å². The Morgan fingerprint density at radius 2 is 0.963 bits per heavy atom. The zero-order valence-electron chi connectivity index (χ0n) is 30.0. The van der Waals surface area contributed by atoms with Gasteiger partial charge in [0.15, 0.2) is 0 Å². The van der Waals surface area contributed by atoms with Crippen molar-refractivity contribution in [3.8, 4) is 44.5 Å². The molecular formula is C52H38S2. The fourth-order valence-electron chi connectivity index (χ4n) is 12.3. The third kappa shape index (κ3) is 4.08. The minimum Gasteiger partial charge on any atom is -0.135 e. The van der Waals surface area contributed by atoms with Gasteiger partial charge in [0, 0.05) is 45.8 Å². The smallest absolute Gasteiger partial charge is 0.0433 e. The summed E-state index contributed by atoms with van der Waals surface area (Å²) in [6.45, 7) is 0. The Morgan fingerprint density at radius 1 is 0.370 bits per heavy atom. The zero-order valence-corrected chi connectivity index (χ0v) is 31.7. The van der Waals surface area contributed by atoms with E-state index >= 15 is 0 Å². The molecule has 4 fully saturated rings. The van der Waals surface area contributed by atoms with Gasteiger partial charge in [0.2, 0.25) is 0 Å². The monoisotopic (exact) mass is 726 g/mol. The van der Waals surface area contributed by atoms with Crippen LogP contribution in [0.15, 0.2) is 146 Å². The molecule has 5 aliphatic rings. The standard InChI is InChI=1S/C52H38S2/c1-4-11-49-41(6-1)43-9-5-8-39(51(43)54-49)36-17-20-46-44(28-36)40-19-16-35(29-47(40)52(46)37-23-30-22-31(25-37)26-38(52)24-30)33-14-12-32(13-15-33)34-18-21-50-45(27-34)42-7-2-3-10-48(42)53-50/h1-21,27-31,37-38H,22-26H2. The molecule has 0 aliphatic heterocycles. The summed E-state index contributed by atoms with van der Waals surface area (Å²) in [6.07, 6.45) is 7.08. The van der Waals surface area contributed by atoms with E-state index < -0.39 is 0 Å². The van der Waals surface area contributed by atoms with E-state index in [1.165, 1.54) is 117 Å². The molecule has 4 saturated carbocycles. The van der Waals surface area contributed by atoms with Crippen LogP contribution in [-0.2, 0) is 5.41 Å². The highest BCUT2D eigenvalue weighted by Gasteiger charge is 2.61. The van der Waals surface area contributed by atoms with Crippen LogP contribution in [0.1, 0.15) is 43.2 Å². The molecule has 2 aromatic heterocycles. The normalized spacial score (nSPS) is 23.6. The topological polar surface area (TPSA) is 0 Å². The summed E-state index contributed by atoms with van der Waals surface area (Å²) < 4.78 is 5.50. The van der Waals surface area contributed by atoms with Crippen molar-refractivity contribution in [1.29, 1.82) is 0 Å². The van der Waals surface area contributed by atoms with Crippen molar-refractivity contribution >= 4 is 63.0 Å². The summed E-state index contributed by atoms with van der Waals surface area (Å²) in [5.41, 5.74) is 14.3. The first-order valence-electron chi connectivity index (χ1n) is 19.9. The van der Waals surface area contributed by atoms with E-state index in [4.69, 9.17) is 0 Å². The lowest BCUT2D eigenvalue weighted by Crippen LogP contribution is -2.55. The fourth-order valence-corrected chi connectivity index (χ4v) is 14.6. The maximum absolute atomic E-state index is 2.64. The van der Waals surface area contributed by atoms with Crippen LogP contribution in [0.25, 0.3) is 84.9 Å². The molecule has 0 saturated heterocycles. The molecule has 0 N–H and O–H groups in total. The van der Waals surface area contributed by atoms with Crippen molar-refractivity contribution in [2.45, 2.75) is 37.5 Å². The number of benzene rings is 7. The number of hydrogen-bond acceptors (Lipinski definition) is 2. The van der Waals surface area contributed by atoms with E-state index in [1.54, 1.807) is 11.1 Å². The molecule has 0 amide bonds. The molecule has 1 spiro atoms. The van der Waals surface area contributed by atoms with Crippen molar-refractivity contribution in [3.63, 3.8) is 0 Å².